The molecule has 1 aromatic rings. The number of epoxide rings is 1. The van der Waals surface area contributed by atoms with Crippen LogP contribution in [0.15, 0.2) is 12.4 Å². The van der Waals surface area contributed by atoms with E-state index in [0.717, 1.165) is 0 Å². The highest BCUT2D eigenvalue weighted by molar-refractivity contribution is 9.09. The Bertz CT molecular complexity index is 420. The lowest BCUT2D eigenvalue weighted by molar-refractivity contribution is 0.0716. The van der Waals surface area contributed by atoms with Gasteiger partial charge in [0.05, 0.1) is 31.7 Å². The van der Waals surface area contributed by atoms with Gasteiger partial charge < -0.3 is 19.7 Å². The average Bonchev–Trinajstić information content (AvgIpc) is 3.08. The summed E-state index contributed by atoms with van der Waals surface area (Å²) in [5.41, 5.74) is -0.391. The van der Waals surface area contributed by atoms with Crippen LogP contribution in [0.5, 0.6) is 11.5 Å². The zero-order chi connectivity index (χ0) is 12.6. The number of nitrogens with zero attached hydrogens (tertiary/aromatic N) is 1. The highest BCUT2D eigenvalue weighted by atomic mass is 79.9. The van der Waals surface area contributed by atoms with Gasteiger partial charge >= 0.3 is 0 Å². The van der Waals surface area contributed by atoms with Crippen LogP contribution in [0.1, 0.15) is 18.6 Å². The lowest BCUT2D eigenvalue weighted by atomic mass is 9.93. The van der Waals surface area contributed by atoms with Gasteiger partial charge in [0.15, 0.2) is 0 Å². The molecule has 1 aliphatic rings. The molecule has 1 unspecified atom stereocenters. The number of aromatic nitrogens is 1. The SMILES string of the molecule is COc1cncc(O)c1[C@H](O)[C@]1(C(C)Br)CO1. The van der Waals surface area contributed by atoms with Crippen LogP contribution in [0.2, 0.25) is 0 Å². The van der Waals surface area contributed by atoms with Crippen LogP contribution in [0.3, 0.4) is 0 Å². The molecule has 1 fully saturated rings. The summed E-state index contributed by atoms with van der Waals surface area (Å²) in [5.74, 6) is 0.250. The summed E-state index contributed by atoms with van der Waals surface area (Å²) in [6, 6.07) is 0. The quantitative estimate of drug-likeness (QED) is 0.649. The van der Waals surface area contributed by atoms with Gasteiger partial charge in [-0.15, -0.1) is 0 Å². The summed E-state index contributed by atoms with van der Waals surface area (Å²) < 4.78 is 10.4. The third-order valence-electron chi connectivity index (χ3n) is 3.04. The summed E-state index contributed by atoms with van der Waals surface area (Å²) in [5, 5.41) is 20.1. The second kappa shape index (κ2) is 4.44. The topological polar surface area (TPSA) is 75.1 Å². The van der Waals surface area contributed by atoms with Crippen LogP contribution in [0, 0.1) is 0 Å². The molecule has 0 saturated carbocycles. The Labute approximate surface area is 108 Å². The fourth-order valence-electron chi connectivity index (χ4n) is 1.81. The van der Waals surface area contributed by atoms with E-state index in [2.05, 4.69) is 20.9 Å². The van der Waals surface area contributed by atoms with Crippen molar-refractivity contribution in [2.24, 2.45) is 0 Å². The molecule has 3 atom stereocenters. The summed E-state index contributed by atoms with van der Waals surface area (Å²) in [6.45, 7) is 2.33. The minimum absolute atomic E-state index is 0.0396. The normalized spacial score (nSPS) is 26.4. The van der Waals surface area contributed by atoms with Gasteiger partial charge in [-0.25, -0.2) is 0 Å². The van der Waals surface area contributed by atoms with E-state index in [4.69, 9.17) is 9.47 Å². The number of hydrogen-bond acceptors (Lipinski definition) is 5. The molecule has 94 valence electrons. The van der Waals surface area contributed by atoms with E-state index < -0.39 is 11.7 Å². The highest BCUT2D eigenvalue weighted by Crippen LogP contribution is 2.49. The lowest BCUT2D eigenvalue weighted by Gasteiger charge is -2.23. The lowest BCUT2D eigenvalue weighted by Crippen LogP contribution is -2.30. The van der Waals surface area contributed by atoms with Crippen LogP contribution in [-0.4, -0.2) is 39.3 Å². The molecule has 0 aliphatic carbocycles. The standard InChI is InChI=1S/C11H14BrNO4/c1-6(12)11(5-17-11)10(15)9-7(14)3-13-4-8(9)16-2/h3-4,6,10,14-15H,5H2,1-2H3/t6?,10-,11+/m0/s1. The monoisotopic (exact) mass is 303 g/mol. The highest BCUT2D eigenvalue weighted by Gasteiger charge is 2.56. The Balaban J connectivity index is 2.40. The molecule has 2 N–H and O–H groups in total. The van der Waals surface area contributed by atoms with Crippen molar-refractivity contribution < 1.29 is 19.7 Å². The maximum absolute atomic E-state index is 10.4. The number of aromatic hydroxyl groups is 1. The second-order valence-electron chi connectivity index (χ2n) is 4.04. The van der Waals surface area contributed by atoms with Gasteiger partial charge in [0.2, 0.25) is 0 Å². The summed E-state index contributed by atoms with van der Waals surface area (Å²) >= 11 is 3.40. The maximum Gasteiger partial charge on any atom is 0.146 e. The number of rotatable bonds is 4. The smallest absolute Gasteiger partial charge is 0.146 e. The number of alkyl halides is 1. The van der Waals surface area contributed by atoms with Gasteiger partial charge in [0, 0.05) is 4.83 Å². The average molecular weight is 304 g/mol. The van der Waals surface area contributed by atoms with Crippen molar-refractivity contribution in [1.29, 1.82) is 0 Å². The molecule has 0 spiro atoms. The van der Waals surface area contributed by atoms with Crippen LogP contribution >= 0.6 is 15.9 Å². The molecule has 2 rings (SSSR count). The predicted octanol–water partition coefficient (Wildman–Crippen LogP) is 1.38. The van der Waals surface area contributed by atoms with Crippen molar-refractivity contribution in [1.82, 2.24) is 4.98 Å². The molecule has 0 radical (unpaired) electrons. The Morgan fingerprint density at radius 3 is 2.71 bits per heavy atom. The molecule has 0 amide bonds. The minimum atomic E-state index is -0.963. The molecule has 6 heteroatoms. The zero-order valence-electron chi connectivity index (χ0n) is 9.55. The molecule has 2 heterocycles. The van der Waals surface area contributed by atoms with E-state index in [1.54, 1.807) is 0 Å². The number of aliphatic hydroxyl groups excluding tert-OH is 1. The third-order valence-corrected chi connectivity index (χ3v) is 3.81. The van der Waals surface area contributed by atoms with Crippen molar-refractivity contribution in [2.45, 2.75) is 23.5 Å². The molecular formula is C11H14BrNO4. The zero-order valence-corrected chi connectivity index (χ0v) is 11.1. The van der Waals surface area contributed by atoms with Crippen LogP contribution in [0.25, 0.3) is 0 Å². The molecule has 17 heavy (non-hydrogen) atoms. The van der Waals surface area contributed by atoms with Crippen LogP contribution in [0.4, 0.5) is 0 Å². The number of aliphatic hydroxyl groups is 1. The van der Waals surface area contributed by atoms with Crippen LogP contribution in [-0.2, 0) is 4.74 Å². The number of ether oxygens (including phenoxy) is 2. The van der Waals surface area contributed by atoms with Gasteiger partial charge in [0.25, 0.3) is 0 Å². The first kappa shape index (κ1) is 12.6. The number of methoxy groups -OCH3 is 1. The van der Waals surface area contributed by atoms with E-state index >= 15 is 0 Å². The van der Waals surface area contributed by atoms with Gasteiger partial charge in [-0.2, -0.15) is 0 Å². The van der Waals surface area contributed by atoms with Crippen molar-refractivity contribution >= 4 is 15.9 Å². The third kappa shape index (κ3) is 2.00. The maximum atomic E-state index is 10.4. The van der Waals surface area contributed by atoms with Crippen LogP contribution < -0.4 is 4.74 Å². The van der Waals surface area contributed by atoms with Crippen molar-refractivity contribution in [2.75, 3.05) is 13.7 Å². The molecule has 5 nitrogen and oxygen atoms in total. The second-order valence-corrected chi connectivity index (χ2v) is 5.41. The molecule has 1 aromatic heterocycles. The van der Waals surface area contributed by atoms with E-state index in [-0.39, 0.29) is 10.6 Å². The summed E-state index contributed by atoms with van der Waals surface area (Å²) in [7, 11) is 1.46. The van der Waals surface area contributed by atoms with E-state index in [0.29, 0.717) is 17.9 Å². The predicted molar refractivity (Wildman–Crippen MR) is 64.5 cm³/mol. The van der Waals surface area contributed by atoms with Gasteiger partial charge in [0.1, 0.15) is 23.2 Å². The molecule has 1 aliphatic heterocycles. The van der Waals surface area contributed by atoms with Gasteiger partial charge in [-0.1, -0.05) is 15.9 Å². The Morgan fingerprint density at radius 1 is 1.59 bits per heavy atom. The molecule has 1 saturated heterocycles. The minimum Gasteiger partial charge on any atom is -0.506 e. The number of pyridine rings is 1. The fourth-order valence-corrected chi connectivity index (χ4v) is 2.33. The van der Waals surface area contributed by atoms with Gasteiger partial charge in [-0.05, 0) is 6.92 Å². The first-order valence-electron chi connectivity index (χ1n) is 5.20. The molecule has 0 bridgehead atoms. The summed E-state index contributed by atoms with van der Waals surface area (Å²) in [4.78, 5) is 3.77. The molecular weight excluding hydrogens is 290 g/mol. The first-order valence-corrected chi connectivity index (χ1v) is 6.11. The number of halogens is 1. The summed E-state index contributed by atoms with van der Waals surface area (Å²) in [6.07, 6.45) is 1.76. The van der Waals surface area contributed by atoms with E-state index in [1.807, 2.05) is 6.92 Å². The first-order chi connectivity index (χ1) is 8.03. The van der Waals surface area contributed by atoms with Crippen molar-refractivity contribution in [3.05, 3.63) is 18.0 Å². The number of hydrogen-bond donors (Lipinski definition) is 2. The Morgan fingerprint density at radius 2 is 2.24 bits per heavy atom. The fraction of sp³-hybridized carbons (Fsp3) is 0.545. The van der Waals surface area contributed by atoms with E-state index in [1.165, 1.54) is 19.5 Å². The Kier molecular flexibility index (Phi) is 3.29. The van der Waals surface area contributed by atoms with Crippen molar-refractivity contribution in [3.8, 4) is 11.5 Å². The van der Waals surface area contributed by atoms with Gasteiger partial charge in [-0.3, -0.25) is 4.98 Å². The molecule has 0 aromatic carbocycles. The van der Waals surface area contributed by atoms with Crippen molar-refractivity contribution in [3.63, 3.8) is 0 Å². The largest absolute Gasteiger partial charge is 0.506 e. The van der Waals surface area contributed by atoms with E-state index in [9.17, 15) is 10.2 Å². The Hall–Kier alpha value is -0.850.